The van der Waals surface area contributed by atoms with E-state index < -0.39 is 9.84 Å². The van der Waals surface area contributed by atoms with Crippen LogP contribution in [0.3, 0.4) is 0 Å². The summed E-state index contributed by atoms with van der Waals surface area (Å²) >= 11 is 0. The molecule has 1 N–H and O–H groups in total. The summed E-state index contributed by atoms with van der Waals surface area (Å²) in [5, 5.41) is 9.98. The van der Waals surface area contributed by atoms with Crippen LogP contribution in [0, 0.1) is 5.92 Å². The van der Waals surface area contributed by atoms with Gasteiger partial charge in [0.15, 0.2) is 9.84 Å². The third-order valence-corrected chi connectivity index (χ3v) is 7.25. The number of aliphatic hydroxyl groups excluding tert-OH is 1. The maximum absolute atomic E-state index is 13.0. The van der Waals surface area contributed by atoms with Crippen molar-refractivity contribution in [2.45, 2.75) is 18.6 Å². The van der Waals surface area contributed by atoms with Gasteiger partial charge in [-0.05, 0) is 52.6 Å². The van der Waals surface area contributed by atoms with Gasteiger partial charge in [-0.2, -0.15) is 0 Å². The summed E-state index contributed by atoms with van der Waals surface area (Å²) in [6.07, 6.45) is 1.61. The van der Waals surface area contributed by atoms with Gasteiger partial charge in [-0.1, -0.05) is 73.3 Å². The predicted octanol–water partition coefficient (Wildman–Crippen LogP) is 5.21. The number of rotatable bonds is 6. The lowest BCUT2D eigenvalue weighted by Crippen LogP contribution is -2.19. The molecule has 0 aliphatic heterocycles. The van der Waals surface area contributed by atoms with E-state index in [-0.39, 0.29) is 23.2 Å². The highest BCUT2D eigenvalue weighted by Crippen LogP contribution is 2.30. The number of aliphatic hydroxyl groups is 1. The van der Waals surface area contributed by atoms with Crippen LogP contribution in [-0.2, 0) is 28.4 Å². The quantitative estimate of drug-likeness (QED) is 0.574. The minimum atomic E-state index is -3.34. The molecule has 3 nitrogen and oxygen atoms in total. The number of fused-ring (bicyclic) bond motifs is 1. The lowest BCUT2D eigenvalue weighted by Gasteiger charge is -2.14. The largest absolute Gasteiger partial charge is 0.508 e. The SMILES string of the molecule is C=C(O)c1ccc(-c2ccccc2)cc1CS(=O)(=O)CC1Cc2ccccc2C1. The summed E-state index contributed by atoms with van der Waals surface area (Å²) in [6, 6.07) is 23.5. The van der Waals surface area contributed by atoms with Crippen molar-refractivity contribution in [3.63, 3.8) is 0 Å². The first kappa shape index (κ1) is 19.5. The van der Waals surface area contributed by atoms with Crippen molar-refractivity contribution in [1.29, 1.82) is 0 Å². The normalized spacial score (nSPS) is 13.9. The smallest absolute Gasteiger partial charge is 0.154 e. The minimum absolute atomic E-state index is 0.102. The first-order valence-electron chi connectivity index (χ1n) is 9.75. The molecule has 29 heavy (non-hydrogen) atoms. The van der Waals surface area contributed by atoms with Gasteiger partial charge in [0.1, 0.15) is 5.76 Å². The second-order valence-electron chi connectivity index (χ2n) is 7.78. The fraction of sp³-hybridized carbons (Fsp3) is 0.200. The molecule has 1 aliphatic carbocycles. The number of hydrogen-bond donors (Lipinski definition) is 1. The van der Waals surface area contributed by atoms with Gasteiger partial charge < -0.3 is 5.11 Å². The van der Waals surface area contributed by atoms with Gasteiger partial charge in [-0.25, -0.2) is 8.42 Å². The highest BCUT2D eigenvalue weighted by atomic mass is 32.2. The van der Waals surface area contributed by atoms with Crippen LogP contribution in [-0.4, -0.2) is 19.3 Å². The van der Waals surface area contributed by atoms with Crippen LogP contribution < -0.4 is 0 Å². The molecule has 0 aromatic heterocycles. The Morgan fingerprint density at radius 2 is 1.52 bits per heavy atom. The molecule has 0 atom stereocenters. The Bertz CT molecular complexity index is 1120. The van der Waals surface area contributed by atoms with Gasteiger partial charge in [0.25, 0.3) is 0 Å². The lowest BCUT2D eigenvalue weighted by molar-refractivity contribution is 0.513. The molecule has 0 heterocycles. The van der Waals surface area contributed by atoms with Gasteiger partial charge in [-0.15, -0.1) is 0 Å². The van der Waals surface area contributed by atoms with E-state index in [0.29, 0.717) is 11.1 Å². The fourth-order valence-electron chi connectivity index (χ4n) is 4.23. The molecule has 3 aromatic rings. The van der Waals surface area contributed by atoms with Crippen molar-refractivity contribution < 1.29 is 13.5 Å². The molecular weight excluding hydrogens is 380 g/mol. The van der Waals surface area contributed by atoms with E-state index in [9.17, 15) is 13.5 Å². The molecule has 148 valence electrons. The highest BCUT2D eigenvalue weighted by Gasteiger charge is 2.27. The average molecular weight is 405 g/mol. The molecule has 0 amide bonds. The zero-order valence-corrected chi connectivity index (χ0v) is 17.0. The summed E-state index contributed by atoms with van der Waals surface area (Å²) in [5.41, 5.74) is 5.52. The Labute approximate surface area is 172 Å². The molecule has 0 radical (unpaired) electrons. The Morgan fingerprint density at radius 1 is 0.897 bits per heavy atom. The molecule has 1 aliphatic rings. The van der Waals surface area contributed by atoms with Crippen molar-refractivity contribution in [2.24, 2.45) is 5.92 Å². The van der Waals surface area contributed by atoms with Gasteiger partial charge >= 0.3 is 0 Å². The number of benzene rings is 3. The van der Waals surface area contributed by atoms with Gasteiger partial charge in [0, 0.05) is 5.56 Å². The summed E-state index contributed by atoms with van der Waals surface area (Å²) in [7, 11) is -3.34. The van der Waals surface area contributed by atoms with Crippen LogP contribution in [0.15, 0.2) is 79.4 Å². The summed E-state index contributed by atoms with van der Waals surface area (Å²) in [6.45, 7) is 3.61. The van der Waals surface area contributed by atoms with Crippen molar-refractivity contribution >= 4 is 15.6 Å². The topological polar surface area (TPSA) is 54.4 Å². The van der Waals surface area contributed by atoms with Gasteiger partial charge in [0.2, 0.25) is 0 Å². The zero-order valence-electron chi connectivity index (χ0n) is 16.2. The summed E-state index contributed by atoms with van der Waals surface area (Å²) in [4.78, 5) is 0. The van der Waals surface area contributed by atoms with Crippen molar-refractivity contribution in [3.8, 4) is 11.1 Å². The van der Waals surface area contributed by atoms with E-state index in [0.717, 1.165) is 24.0 Å². The molecular formula is C25H24O3S. The second-order valence-corrected chi connectivity index (χ2v) is 9.89. The predicted molar refractivity (Wildman–Crippen MR) is 118 cm³/mol. The van der Waals surface area contributed by atoms with Crippen LogP contribution in [0.5, 0.6) is 0 Å². The first-order chi connectivity index (χ1) is 13.9. The van der Waals surface area contributed by atoms with Crippen LogP contribution in [0.25, 0.3) is 16.9 Å². The standard InChI is InChI=1S/C25H24O3S/c1-18(26)25-12-11-23(20-7-3-2-4-8-20)15-24(25)17-29(27,28)16-19-13-21-9-5-6-10-22(21)14-19/h2-12,15,19,26H,1,13-14,16-17H2. The Balaban J connectivity index is 1.58. The molecule has 0 fully saturated rings. The third-order valence-electron chi connectivity index (χ3n) is 5.52. The van der Waals surface area contributed by atoms with Crippen LogP contribution in [0.4, 0.5) is 0 Å². The molecule has 0 spiro atoms. The molecule has 4 rings (SSSR count). The van der Waals surface area contributed by atoms with Crippen molar-refractivity contribution in [1.82, 2.24) is 0 Å². The average Bonchev–Trinajstić information content (AvgIpc) is 3.09. The van der Waals surface area contributed by atoms with E-state index >= 15 is 0 Å². The monoisotopic (exact) mass is 404 g/mol. The van der Waals surface area contributed by atoms with Crippen molar-refractivity contribution in [3.05, 3.63) is 102 Å². The summed E-state index contributed by atoms with van der Waals surface area (Å²) < 4.78 is 26.0. The Kier molecular flexibility index (Phi) is 5.29. The first-order valence-corrected chi connectivity index (χ1v) is 11.6. The fourth-order valence-corrected chi connectivity index (χ4v) is 6.01. The van der Waals surface area contributed by atoms with E-state index in [1.807, 2.05) is 54.6 Å². The highest BCUT2D eigenvalue weighted by molar-refractivity contribution is 7.90. The van der Waals surface area contributed by atoms with Gasteiger partial charge in [-0.3, -0.25) is 0 Å². The molecule has 0 saturated carbocycles. The van der Waals surface area contributed by atoms with E-state index in [2.05, 4.69) is 18.7 Å². The summed E-state index contributed by atoms with van der Waals surface area (Å²) in [5.74, 6) is 0.0443. The lowest BCUT2D eigenvalue weighted by atomic mass is 9.99. The van der Waals surface area contributed by atoms with Gasteiger partial charge in [0.05, 0.1) is 11.5 Å². The maximum atomic E-state index is 13.0. The third kappa shape index (κ3) is 4.43. The molecule has 0 bridgehead atoms. The second kappa shape index (κ2) is 7.88. The van der Waals surface area contributed by atoms with Crippen LogP contribution in [0.1, 0.15) is 22.3 Å². The van der Waals surface area contributed by atoms with Crippen molar-refractivity contribution in [2.75, 3.05) is 5.75 Å². The Morgan fingerprint density at radius 3 is 2.14 bits per heavy atom. The van der Waals surface area contributed by atoms with E-state index in [1.54, 1.807) is 6.07 Å². The zero-order chi connectivity index (χ0) is 20.4. The molecule has 4 heteroatoms. The Hall–Kier alpha value is -2.85. The van der Waals surface area contributed by atoms with E-state index in [4.69, 9.17) is 0 Å². The minimum Gasteiger partial charge on any atom is -0.508 e. The molecule has 0 saturated heterocycles. The van der Waals surface area contributed by atoms with Crippen LogP contribution in [0.2, 0.25) is 0 Å². The number of sulfone groups is 1. The van der Waals surface area contributed by atoms with E-state index in [1.165, 1.54) is 11.1 Å². The van der Waals surface area contributed by atoms with Crippen LogP contribution >= 0.6 is 0 Å². The molecule has 3 aromatic carbocycles. The number of hydrogen-bond acceptors (Lipinski definition) is 3. The maximum Gasteiger partial charge on any atom is 0.154 e. The molecule has 0 unspecified atom stereocenters.